The number of hydrogen-bond acceptors (Lipinski definition) is 3. The maximum absolute atomic E-state index is 12.7. The van der Waals surface area contributed by atoms with Gasteiger partial charge in [-0.15, -0.1) is 0 Å². The van der Waals surface area contributed by atoms with Crippen molar-refractivity contribution in [1.82, 2.24) is 10.2 Å². The average Bonchev–Trinajstić information content (AvgIpc) is 2.89. The fourth-order valence-corrected chi connectivity index (χ4v) is 3.80. The highest BCUT2D eigenvalue weighted by Gasteiger charge is 2.33. The summed E-state index contributed by atoms with van der Waals surface area (Å²) < 4.78 is 5.84. The second kappa shape index (κ2) is 7.10. The highest BCUT2D eigenvalue weighted by Crippen LogP contribution is 2.29. The molecule has 1 N–H and O–H groups in total. The number of nitrogens with zero attached hydrogens (tertiary/aromatic N) is 1. The highest BCUT2D eigenvalue weighted by atomic mass is 35.5. The molecule has 1 amide bonds. The van der Waals surface area contributed by atoms with Crippen LogP contribution >= 0.6 is 11.6 Å². The summed E-state index contributed by atoms with van der Waals surface area (Å²) in [6, 6.07) is 5.62. The number of nitrogens with one attached hydrogen (secondary N) is 1. The third-order valence-corrected chi connectivity index (χ3v) is 5.38. The van der Waals surface area contributed by atoms with Crippen molar-refractivity contribution in [2.24, 2.45) is 11.8 Å². The number of fused-ring (bicyclic) bond motifs is 1. The van der Waals surface area contributed by atoms with E-state index in [-0.39, 0.29) is 5.91 Å². The zero-order chi connectivity index (χ0) is 16.4. The molecule has 3 atom stereocenters. The van der Waals surface area contributed by atoms with E-state index < -0.39 is 6.10 Å². The molecule has 3 rings (SSSR count). The quantitative estimate of drug-likeness (QED) is 0.922. The molecule has 2 aliphatic rings. The Morgan fingerprint density at radius 2 is 1.96 bits per heavy atom. The van der Waals surface area contributed by atoms with Gasteiger partial charge in [-0.2, -0.15) is 0 Å². The lowest BCUT2D eigenvalue weighted by Gasteiger charge is -2.25. The van der Waals surface area contributed by atoms with Gasteiger partial charge < -0.3 is 15.0 Å². The van der Waals surface area contributed by atoms with Crippen LogP contribution < -0.4 is 10.1 Å². The summed E-state index contributed by atoms with van der Waals surface area (Å²) in [6.07, 6.45) is 1.66. The molecule has 1 aromatic carbocycles. The third-order valence-electron chi connectivity index (χ3n) is 5.07. The van der Waals surface area contributed by atoms with Crippen LogP contribution in [0.5, 0.6) is 5.75 Å². The maximum atomic E-state index is 12.7. The van der Waals surface area contributed by atoms with Crippen molar-refractivity contribution in [3.63, 3.8) is 0 Å². The molecule has 1 aromatic rings. The Bertz CT molecular complexity index is 564. The first-order chi connectivity index (χ1) is 11.0. The maximum Gasteiger partial charge on any atom is 0.263 e. The van der Waals surface area contributed by atoms with Crippen LogP contribution in [0.4, 0.5) is 0 Å². The minimum atomic E-state index is -0.509. The van der Waals surface area contributed by atoms with E-state index in [1.54, 1.807) is 0 Å². The Morgan fingerprint density at radius 1 is 1.30 bits per heavy atom. The van der Waals surface area contributed by atoms with Crippen LogP contribution in [0.3, 0.4) is 0 Å². The van der Waals surface area contributed by atoms with Crippen LogP contribution in [-0.2, 0) is 4.79 Å². The number of benzene rings is 1. The molecule has 0 aliphatic carbocycles. The average molecular weight is 337 g/mol. The lowest BCUT2D eigenvalue weighted by Crippen LogP contribution is -2.41. The number of carbonyl (C=O) groups excluding carboxylic acids is 1. The van der Waals surface area contributed by atoms with Crippen molar-refractivity contribution in [3.8, 4) is 5.75 Å². The molecule has 5 heteroatoms. The summed E-state index contributed by atoms with van der Waals surface area (Å²) in [5.41, 5.74) is 1.07. The van der Waals surface area contributed by atoms with Crippen molar-refractivity contribution in [2.75, 3.05) is 26.2 Å². The topological polar surface area (TPSA) is 41.6 Å². The molecule has 0 saturated carbocycles. The van der Waals surface area contributed by atoms with Gasteiger partial charge in [-0.1, -0.05) is 17.7 Å². The van der Waals surface area contributed by atoms with Crippen LogP contribution in [-0.4, -0.2) is 43.1 Å². The van der Waals surface area contributed by atoms with Crippen molar-refractivity contribution >= 4 is 17.5 Å². The molecule has 2 aliphatic heterocycles. The molecular formula is C18H25ClN2O2. The van der Waals surface area contributed by atoms with Crippen LogP contribution in [0.25, 0.3) is 0 Å². The van der Waals surface area contributed by atoms with Gasteiger partial charge in [-0.25, -0.2) is 0 Å². The van der Waals surface area contributed by atoms with E-state index >= 15 is 0 Å². The van der Waals surface area contributed by atoms with Gasteiger partial charge in [0, 0.05) is 13.1 Å². The smallest absolute Gasteiger partial charge is 0.263 e. The zero-order valence-corrected chi connectivity index (χ0v) is 14.6. The third kappa shape index (κ3) is 3.81. The molecule has 0 spiro atoms. The van der Waals surface area contributed by atoms with E-state index in [1.807, 2.05) is 36.9 Å². The number of ether oxygens (including phenoxy) is 1. The van der Waals surface area contributed by atoms with Gasteiger partial charge in [-0.3, -0.25) is 4.79 Å². The minimum Gasteiger partial charge on any atom is -0.479 e. The van der Waals surface area contributed by atoms with E-state index in [4.69, 9.17) is 16.3 Å². The Kier molecular flexibility index (Phi) is 5.12. The van der Waals surface area contributed by atoms with Crippen molar-refractivity contribution in [1.29, 1.82) is 0 Å². The van der Waals surface area contributed by atoms with Crippen molar-refractivity contribution in [2.45, 2.75) is 32.8 Å². The molecule has 0 aromatic heterocycles. The molecule has 4 nitrogen and oxygen atoms in total. The van der Waals surface area contributed by atoms with Gasteiger partial charge in [-0.05, 0) is 69.3 Å². The van der Waals surface area contributed by atoms with Gasteiger partial charge in [0.2, 0.25) is 0 Å². The minimum absolute atomic E-state index is 0.0653. The number of hydrogen-bond donors (Lipinski definition) is 1. The molecule has 0 radical (unpaired) electrons. The number of aryl methyl sites for hydroxylation is 1. The molecule has 1 unspecified atom stereocenters. The van der Waals surface area contributed by atoms with Gasteiger partial charge in [0.1, 0.15) is 5.75 Å². The van der Waals surface area contributed by atoms with E-state index in [1.165, 1.54) is 0 Å². The molecule has 0 bridgehead atoms. The van der Waals surface area contributed by atoms with Crippen molar-refractivity contribution < 1.29 is 9.53 Å². The Hall–Kier alpha value is -1.26. The molecule has 23 heavy (non-hydrogen) atoms. The normalized spacial score (nSPS) is 25.6. The van der Waals surface area contributed by atoms with E-state index in [2.05, 4.69) is 5.32 Å². The lowest BCUT2D eigenvalue weighted by atomic mass is 9.92. The van der Waals surface area contributed by atoms with Gasteiger partial charge in [0.25, 0.3) is 5.91 Å². The number of halogens is 1. The van der Waals surface area contributed by atoms with E-state index in [0.717, 1.165) is 56.4 Å². The summed E-state index contributed by atoms with van der Waals surface area (Å²) in [7, 11) is 0. The largest absolute Gasteiger partial charge is 0.479 e. The second-order valence-corrected chi connectivity index (χ2v) is 7.18. The number of likely N-dealkylation sites (tertiary alicyclic amines) is 1. The first-order valence-electron chi connectivity index (χ1n) is 8.47. The first kappa shape index (κ1) is 16.6. The Morgan fingerprint density at radius 3 is 2.61 bits per heavy atom. The predicted octanol–water partition coefficient (Wildman–Crippen LogP) is 2.87. The van der Waals surface area contributed by atoms with Crippen LogP contribution in [0.2, 0.25) is 5.02 Å². The summed E-state index contributed by atoms with van der Waals surface area (Å²) >= 11 is 6.16. The lowest BCUT2D eigenvalue weighted by molar-refractivity contribution is -0.137. The van der Waals surface area contributed by atoms with Gasteiger partial charge in [0.05, 0.1) is 5.02 Å². The van der Waals surface area contributed by atoms with E-state index in [9.17, 15) is 4.79 Å². The monoisotopic (exact) mass is 336 g/mol. The molecule has 2 fully saturated rings. The molecule has 126 valence electrons. The number of rotatable bonds is 3. The zero-order valence-electron chi connectivity index (χ0n) is 13.8. The fourth-order valence-electron chi connectivity index (χ4n) is 3.64. The molecule has 2 saturated heterocycles. The number of carbonyl (C=O) groups is 1. The van der Waals surface area contributed by atoms with Crippen molar-refractivity contribution in [3.05, 3.63) is 28.8 Å². The first-order valence-corrected chi connectivity index (χ1v) is 8.84. The Labute approximate surface area is 143 Å². The summed E-state index contributed by atoms with van der Waals surface area (Å²) in [4.78, 5) is 14.7. The van der Waals surface area contributed by atoms with Gasteiger partial charge >= 0.3 is 0 Å². The summed E-state index contributed by atoms with van der Waals surface area (Å²) in [6.45, 7) is 7.65. The molecular weight excluding hydrogens is 312 g/mol. The second-order valence-electron chi connectivity index (χ2n) is 6.77. The fraction of sp³-hybridized carbons (Fsp3) is 0.611. The standard InChI is InChI=1S/C18H25ClN2O2/c1-12-3-4-16(19)17(9-12)23-13(2)18(22)21-7-5-14-10-20-11-15(14)6-8-21/h3-4,9,13-15,20H,5-8,10-11H2,1-2H3/t13?,14-,15+. The Balaban J connectivity index is 1.62. The number of amides is 1. The van der Waals surface area contributed by atoms with Gasteiger partial charge in [0.15, 0.2) is 6.10 Å². The highest BCUT2D eigenvalue weighted by molar-refractivity contribution is 6.32. The summed E-state index contributed by atoms with van der Waals surface area (Å²) in [5, 5.41) is 4.01. The predicted molar refractivity (Wildman–Crippen MR) is 91.9 cm³/mol. The van der Waals surface area contributed by atoms with E-state index in [0.29, 0.717) is 10.8 Å². The SMILES string of the molecule is Cc1ccc(Cl)c(OC(C)C(=O)N2CC[C@@H]3CNC[C@@H]3CC2)c1. The van der Waals surface area contributed by atoms with Crippen LogP contribution in [0.15, 0.2) is 18.2 Å². The van der Waals surface area contributed by atoms with Crippen LogP contribution in [0.1, 0.15) is 25.3 Å². The van der Waals surface area contributed by atoms with Crippen LogP contribution in [0, 0.1) is 18.8 Å². The molecule has 2 heterocycles. The summed E-state index contributed by atoms with van der Waals surface area (Å²) in [5.74, 6) is 2.09.